The number of hydrogen-bond acceptors (Lipinski definition) is 6. The molecule has 0 spiro atoms. The number of thiazole rings is 1. The van der Waals surface area contributed by atoms with Crippen molar-refractivity contribution in [2.45, 2.75) is 0 Å². The fraction of sp³-hybridized carbons (Fsp3) is 0.0667. The zero-order valence-corrected chi connectivity index (χ0v) is 14.1. The Morgan fingerprint density at radius 2 is 2.21 bits per heavy atom. The van der Waals surface area contributed by atoms with Crippen molar-refractivity contribution < 1.29 is 14.3 Å². The quantitative estimate of drug-likeness (QED) is 0.490. The van der Waals surface area contributed by atoms with Gasteiger partial charge in [0.1, 0.15) is 10.3 Å². The maximum Gasteiger partial charge on any atom is 0.354 e. The molecule has 0 aliphatic rings. The van der Waals surface area contributed by atoms with Gasteiger partial charge in [0.25, 0.3) is 5.91 Å². The molecule has 0 fully saturated rings. The molecule has 0 atom stereocenters. The van der Waals surface area contributed by atoms with Gasteiger partial charge in [-0.15, -0.1) is 11.3 Å². The van der Waals surface area contributed by atoms with Crippen molar-refractivity contribution in [2.75, 3.05) is 12.4 Å². The minimum Gasteiger partial charge on any atom is -0.464 e. The third kappa shape index (κ3) is 3.26. The van der Waals surface area contributed by atoms with E-state index < -0.39 is 5.97 Å². The second-order valence-electron chi connectivity index (χ2n) is 4.70. The predicted octanol–water partition coefficient (Wildman–Crippen LogP) is 3.23. The molecule has 3 heterocycles. The number of esters is 1. The van der Waals surface area contributed by atoms with E-state index in [-0.39, 0.29) is 5.91 Å². The zero-order valence-electron chi connectivity index (χ0n) is 12.5. The van der Waals surface area contributed by atoms with E-state index in [2.05, 4.69) is 25.0 Å². The summed E-state index contributed by atoms with van der Waals surface area (Å²) in [6, 6.07) is 4.98. The van der Waals surface area contributed by atoms with Gasteiger partial charge in [0.2, 0.25) is 0 Å². The van der Waals surface area contributed by atoms with Gasteiger partial charge in [0.05, 0.1) is 18.4 Å². The number of hydrogen-bond donors (Lipinski definition) is 3. The number of rotatable bonds is 4. The van der Waals surface area contributed by atoms with Gasteiger partial charge in [-0.2, -0.15) is 0 Å². The van der Waals surface area contributed by atoms with Crippen molar-refractivity contribution in [3.05, 3.63) is 51.9 Å². The fourth-order valence-electron chi connectivity index (χ4n) is 2.00. The number of ether oxygens (including phenoxy) is 1. The summed E-state index contributed by atoms with van der Waals surface area (Å²) in [5, 5.41) is 4.93. The molecule has 24 heavy (non-hydrogen) atoms. The van der Waals surface area contributed by atoms with Crippen molar-refractivity contribution >= 4 is 40.6 Å². The number of anilines is 1. The fourth-order valence-corrected chi connectivity index (χ4v) is 2.94. The van der Waals surface area contributed by atoms with Crippen LogP contribution in [-0.2, 0) is 4.74 Å². The van der Waals surface area contributed by atoms with Gasteiger partial charge in [-0.25, -0.2) is 9.78 Å². The molecule has 3 aromatic heterocycles. The first-order valence-electron chi connectivity index (χ1n) is 6.80. The van der Waals surface area contributed by atoms with E-state index >= 15 is 0 Å². The SMILES string of the molecule is COC(=O)c1cc(-c2csc(NC(=O)c3ccc[nH]c3=S)n2)c[nH]1. The molecular formula is C15H12N4O3S2. The molecule has 0 radical (unpaired) electrons. The van der Waals surface area contributed by atoms with Gasteiger partial charge >= 0.3 is 5.97 Å². The first-order valence-corrected chi connectivity index (χ1v) is 8.09. The van der Waals surface area contributed by atoms with E-state index in [1.54, 1.807) is 36.0 Å². The number of nitrogens with one attached hydrogen (secondary N) is 3. The van der Waals surface area contributed by atoms with Crippen LogP contribution in [-0.4, -0.2) is 33.9 Å². The van der Waals surface area contributed by atoms with Gasteiger partial charge in [-0.05, 0) is 18.2 Å². The number of pyridine rings is 1. The number of methoxy groups -OCH3 is 1. The van der Waals surface area contributed by atoms with Crippen molar-refractivity contribution in [1.82, 2.24) is 15.0 Å². The Balaban J connectivity index is 1.77. The summed E-state index contributed by atoms with van der Waals surface area (Å²) < 4.78 is 5.01. The number of aromatic amines is 2. The molecule has 3 N–H and O–H groups in total. The monoisotopic (exact) mass is 360 g/mol. The molecule has 3 rings (SSSR count). The standard InChI is InChI=1S/C15H12N4O3S2/c1-22-14(21)10-5-8(6-17-10)11-7-24-15(18-11)19-12(20)9-3-2-4-16-13(9)23/h2-7,17H,1H3,(H,16,23)(H,18,19,20). The Bertz CT molecular complexity index is 957. The van der Waals surface area contributed by atoms with Crippen LogP contribution in [0, 0.1) is 4.64 Å². The summed E-state index contributed by atoms with van der Waals surface area (Å²) in [6.45, 7) is 0. The highest BCUT2D eigenvalue weighted by Crippen LogP contribution is 2.26. The van der Waals surface area contributed by atoms with Gasteiger partial charge in [-0.3, -0.25) is 10.1 Å². The molecular weight excluding hydrogens is 348 g/mol. The number of H-pyrrole nitrogens is 2. The largest absolute Gasteiger partial charge is 0.464 e. The van der Waals surface area contributed by atoms with Crippen LogP contribution in [0.4, 0.5) is 5.13 Å². The minimum absolute atomic E-state index is 0.331. The number of nitrogens with zero attached hydrogens (tertiary/aromatic N) is 1. The highest BCUT2D eigenvalue weighted by molar-refractivity contribution is 7.71. The molecule has 7 nitrogen and oxygen atoms in total. The van der Waals surface area contributed by atoms with Gasteiger partial charge in [0, 0.05) is 23.3 Å². The molecule has 0 bridgehead atoms. The Morgan fingerprint density at radius 1 is 1.38 bits per heavy atom. The van der Waals surface area contributed by atoms with E-state index in [4.69, 9.17) is 12.2 Å². The number of amides is 1. The summed E-state index contributed by atoms with van der Waals surface area (Å²) in [6.07, 6.45) is 3.31. The van der Waals surface area contributed by atoms with E-state index in [0.29, 0.717) is 26.7 Å². The van der Waals surface area contributed by atoms with Crippen molar-refractivity contribution in [3.8, 4) is 11.3 Å². The molecule has 0 aliphatic carbocycles. The van der Waals surface area contributed by atoms with Crippen LogP contribution in [0.3, 0.4) is 0 Å². The summed E-state index contributed by atoms with van der Waals surface area (Å²) in [5.74, 6) is -0.787. The summed E-state index contributed by atoms with van der Waals surface area (Å²) in [4.78, 5) is 33.6. The summed E-state index contributed by atoms with van der Waals surface area (Å²) in [5.41, 5.74) is 2.07. The molecule has 0 aromatic carbocycles. The molecule has 0 aliphatic heterocycles. The van der Waals surface area contributed by atoms with Crippen LogP contribution in [0.1, 0.15) is 20.8 Å². The van der Waals surface area contributed by atoms with Crippen LogP contribution in [0.15, 0.2) is 36.0 Å². The molecule has 0 saturated carbocycles. The topological polar surface area (TPSA) is 99.9 Å². The average Bonchev–Trinajstić information content (AvgIpc) is 3.23. The number of aromatic nitrogens is 3. The van der Waals surface area contributed by atoms with E-state index in [0.717, 1.165) is 5.56 Å². The predicted molar refractivity (Wildman–Crippen MR) is 92.8 cm³/mol. The van der Waals surface area contributed by atoms with Crippen LogP contribution >= 0.6 is 23.6 Å². The normalized spacial score (nSPS) is 10.4. The second kappa shape index (κ2) is 6.77. The lowest BCUT2D eigenvalue weighted by Gasteiger charge is -2.01. The third-order valence-electron chi connectivity index (χ3n) is 3.17. The summed E-state index contributed by atoms with van der Waals surface area (Å²) >= 11 is 6.36. The maximum absolute atomic E-state index is 12.2. The molecule has 0 saturated heterocycles. The lowest BCUT2D eigenvalue weighted by molar-refractivity contribution is 0.0594. The van der Waals surface area contributed by atoms with Gasteiger partial charge in [-0.1, -0.05) is 12.2 Å². The lowest BCUT2D eigenvalue weighted by Crippen LogP contribution is -2.12. The van der Waals surface area contributed by atoms with E-state index in [1.165, 1.54) is 18.4 Å². The Kier molecular flexibility index (Phi) is 4.54. The van der Waals surface area contributed by atoms with E-state index in [9.17, 15) is 9.59 Å². The van der Waals surface area contributed by atoms with Gasteiger partial charge in [0.15, 0.2) is 5.13 Å². The molecule has 3 aromatic rings. The van der Waals surface area contributed by atoms with Crippen LogP contribution < -0.4 is 5.32 Å². The first kappa shape index (κ1) is 16.1. The molecule has 0 unspecified atom stereocenters. The Labute approximate surface area is 145 Å². The van der Waals surface area contributed by atoms with Gasteiger partial charge < -0.3 is 14.7 Å². The highest BCUT2D eigenvalue weighted by Gasteiger charge is 2.14. The lowest BCUT2D eigenvalue weighted by atomic mass is 10.2. The van der Waals surface area contributed by atoms with Crippen molar-refractivity contribution in [2.24, 2.45) is 0 Å². The van der Waals surface area contributed by atoms with Crippen LogP contribution in [0.2, 0.25) is 0 Å². The molecule has 9 heteroatoms. The smallest absolute Gasteiger partial charge is 0.354 e. The van der Waals surface area contributed by atoms with Crippen molar-refractivity contribution in [1.29, 1.82) is 0 Å². The maximum atomic E-state index is 12.2. The number of carbonyl (C=O) groups is 2. The minimum atomic E-state index is -0.455. The average molecular weight is 360 g/mol. The Hall–Kier alpha value is -2.78. The second-order valence-corrected chi connectivity index (χ2v) is 5.96. The first-order chi connectivity index (χ1) is 11.6. The van der Waals surface area contributed by atoms with Crippen LogP contribution in [0.25, 0.3) is 11.3 Å². The summed E-state index contributed by atoms with van der Waals surface area (Å²) in [7, 11) is 1.31. The highest BCUT2D eigenvalue weighted by atomic mass is 32.1. The van der Waals surface area contributed by atoms with E-state index in [1.807, 2.05) is 0 Å². The molecule has 122 valence electrons. The zero-order chi connectivity index (χ0) is 17.1. The van der Waals surface area contributed by atoms with Crippen molar-refractivity contribution in [3.63, 3.8) is 0 Å². The third-order valence-corrected chi connectivity index (χ3v) is 4.27. The van der Waals surface area contributed by atoms with Crippen LogP contribution in [0.5, 0.6) is 0 Å². The number of carbonyl (C=O) groups excluding carboxylic acids is 2. The molecule has 1 amide bonds. The Morgan fingerprint density at radius 3 is 2.96 bits per heavy atom.